The van der Waals surface area contributed by atoms with Crippen LogP contribution in [0.15, 0.2) is 30.5 Å². The van der Waals surface area contributed by atoms with Crippen LogP contribution >= 0.6 is 0 Å². The topological polar surface area (TPSA) is 93.2 Å². The van der Waals surface area contributed by atoms with Crippen molar-refractivity contribution in [1.29, 1.82) is 0 Å². The number of ether oxygens (including phenoxy) is 1. The summed E-state index contributed by atoms with van der Waals surface area (Å²) in [6.45, 7) is 2.04. The summed E-state index contributed by atoms with van der Waals surface area (Å²) >= 11 is 0. The number of halogens is 6. The number of ketones is 1. The Labute approximate surface area is 190 Å². The monoisotopic (exact) mass is 492 g/mol. The Morgan fingerprint density at radius 2 is 1.71 bits per heavy atom. The van der Waals surface area contributed by atoms with E-state index in [0.717, 1.165) is 6.42 Å². The van der Waals surface area contributed by atoms with E-state index in [1.807, 2.05) is 6.92 Å². The van der Waals surface area contributed by atoms with Gasteiger partial charge in [0.15, 0.2) is 0 Å². The zero-order chi connectivity index (χ0) is 25.4. The second-order valence-electron chi connectivity index (χ2n) is 7.09. The van der Waals surface area contributed by atoms with Gasteiger partial charge in [0.05, 0.1) is 6.61 Å². The minimum atomic E-state index is -4.95. The lowest BCUT2D eigenvalue weighted by molar-refractivity contribution is -0.171. The number of rotatable bonds is 11. The van der Waals surface area contributed by atoms with E-state index in [9.17, 15) is 35.9 Å². The molecule has 1 aromatic carbocycles. The molecule has 0 spiro atoms. The first-order valence-corrected chi connectivity index (χ1v) is 10.2. The molecule has 1 aromatic heterocycles. The summed E-state index contributed by atoms with van der Waals surface area (Å²) in [5.74, 6) is -3.21. The number of anilines is 2. The Balaban J connectivity index is 2.04. The summed E-state index contributed by atoms with van der Waals surface area (Å²) in [5.41, 5.74) is -0.476. The average molecular weight is 492 g/mol. The molecule has 7 nitrogen and oxygen atoms in total. The lowest BCUT2D eigenvalue weighted by Gasteiger charge is -2.14. The van der Waals surface area contributed by atoms with E-state index in [0.29, 0.717) is 24.0 Å². The standard InChI is InChI=1S/C21H22F6N4O3/c1-2-10-28-17(33)13-6-8-14(9-7-13)30-19-29-12-15(20(22,23)24)18(31-19)34-11-4-3-5-16(32)21(25,26)27/h6-9,12H,2-5,10-11H2,1H3,(H,28,33)(H,29,30,31). The van der Waals surface area contributed by atoms with Crippen molar-refractivity contribution >= 4 is 23.3 Å². The fourth-order valence-electron chi connectivity index (χ4n) is 2.60. The number of carbonyl (C=O) groups is 2. The van der Waals surface area contributed by atoms with Crippen molar-refractivity contribution < 1.29 is 40.7 Å². The quantitative estimate of drug-likeness (QED) is 0.337. The number of carbonyl (C=O) groups excluding carboxylic acids is 2. The molecule has 186 valence electrons. The number of Topliss-reactive ketones (excluding diaryl/α,β-unsaturated/α-hetero) is 1. The Hall–Kier alpha value is -3.38. The van der Waals surface area contributed by atoms with Crippen molar-refractivity contribution in [2.75, 3.05) is 18.5 Å². The van der Waals surface area contributed by atoms with Gasteiger partial charge in [-0.25, -0.2) is 4.98 Å². The first-order chi connectivity index (χ1) is 15.9. The summed E-state index contributed by atoms with van der Waals surface area (Å²) in [5, 5.41) is 5.40. The largest absolute Gasteiger partial charge is 0.477 e. The first-order valence-electron chi connectivity index (χ1n) is 10.2. The summed E-state index contributed by atoms with van der Waals surface area (Å²) in [7, 11) is 0. The maximum Gasteiger partial charge on any atom is 0.449 e. The van der Waals surface area contributed by atoms with Crippen LogP contribution in [0.25, 0.3) is 0 Å². The van der Waals surface area contributed by atoms with E-state index < -0.39 is 36.0 Å². The fourth-order valence-corrected chi connectivity index (χ4v) is 2.60. The van der Waals surface area contributed by atoms with Crippen molar-refractivity contribution in [2.24, 2.45) is 0 Å². The molecule has 34 heavy (non-hydrogen) atoms. The number of alkyl halides is 6. The third-order valence-corrected chi connectivity index (χ3v) is 4.35. The van der Waals surface area contributed by atoms with Crippen molar-refractivity contribution in [3.05, 3.63) is 41.6 Å². The van der Waals surface area contributed by atoms with Crippen LogP contribution in [0, 0.1) is 0 Å². The van der Waals surface area contributed by atoms with Crippen molar-refractivity contribution in [1.82, 2.24) is 15.3 Å². The predicted molar refractivity (Wildman–Crippen MR) is 110 cm³/mol. The molecule has 0 bridgehead atoms. The van der Waals surface area contributed by atoms with Crippen LogP contribution in [-0.2, 0) is 11.0 Å². The molecule has 2 aromatic rings. The van der Waals surface area contributed by atoms with E-state index in [-0.39, 0.29) is 31.3 Å². The number of hydrogen-bond donors (Lipinski definition) is 2. The molecule has 1 heterocycles. The molecule has 13 heteroatoms. The molecule has 0 radical (unpaired) electrons. The van der Waals surface area contributed by atoms with Crippen molar-refractivity contribution in [3.63, 3.8) is 0 Å². The second kappa shape index (κ2) is 11.7. The number of hydrogen-bond acceptors (Lipinski definition) is 6. The van der Waals surface area contributed by atoms with Gasteiger partial charge < -0.3 is 15.4 Å². The molecule has 2 rings (SSSR count). The molecule has 0 atom stereocenters. The van der Waals surface area contributed by atoms with Crippen LogP contribution in [0.1, 0.15) is 48.5 Å². The normalized spacial score (nSPS) is 11.7. The van der Waals surface area contributed by atoms with Crippen LogP contribution in [0.5, 0.6) is 5.88 Å². The van der Waals surface area contributed by atoms with Gasteiger partial charge in [0.1, 0.15) is 5.56 Å². The Morgan fingerprint density at radius 1 is 1.03 bits per heavy atom. The van der Waals surface area contributed by atoms with Gasteiger partial charge >= 0.3 is 12.4 Å². The van der Waals surface area contributed by atoms with Gasteiger partial charge in [0.2, 0.25) is 17.6 Å². The highest BCUT2D eigenvalue weighted by atomic mass is 19.4. The molecule has 0 aliphatic rings. The predicted octanol–water partition coefficient (Wildman–Crippen LogP) is 5.06. The van der Waals surface area contributed by atoms with E-state index in [4.69, 9.17) is 4.74 Å². The second-order valence-corrected chi connectivity index (χ2v) is 7.09. The highest BCUT2D eigenvalue weighted by Gasteiger charge is 2.37. The van der Waals surface area contributed by atoms with Crippen LogP contribution in [0.2, 0.25) is 0 Å². The maximum atomic E-state index is 13.2. The molecular weight excluding hydrogens is 470 g/mol. The van der Waals surface area contributed by atoms with Gasteiger partial charge in [-0.05, 0) is 43.5 Å². The molecule has 2 N–H and O–H groups in total. The van der Waals surface area contributed by atoms with Crippen LogP contribution < -0.4 is 15.4 Å². The smallest absolute Gasteiger partial charge is 0.449 e. The minimum Gasteiger partial charge on any atom is -0.477 e. The number of nitrogens with zero attached hydrogens (tertiary/aromatic N) is 2. The molecule has 0 fully saturated rings. The zero-order valence-corrected chi connectivity index (χ0v) is 18.0. The highest BCUT2D eigenvalue weighted by Crippen LogP contribution is 2.35. The summed E-state index contributed by atoms with van der Waals surface area (Å²) in [4.78, 5) is 30.1. The Kier molecular flexibility index (Phi) is 9.21. The Bertz CT molecular complexity index is 978. The van der Waals surface area contributed by atoms with Crippen LogP contribution in [0.3, 0.4) is 0 Å². The zero-order valence-electron chi connectivity index (χ0n) is 18.0. The number of amides is 1. The molecule has 0 unspecified atom stereocenters. The molecule has 1 amide bonds. The van der Waals surface area contributed by atoms with Gasteiger partial charge in [-0.2, -0.15) is 31.3 Å². The summed E-state index contributed by atoms with van der Waals surface area (Å²) in [6.07, 6.45) is -9.58. The number of unbranched alkanes of at least 4 members (excludes halogenated alkanes) is 1. The number of aromatic nitrogens is 2. The maximum absolute atomic E-state index is 13.2. The van der Waals surface area contributed by atoms with E-state index >= 15 is 0 Å². The summed E-state index contributed by atoms with van der Waals surface area (Å²) in [6, 6.07) is 6.05. The Morgan fingerprint density at radius 3 is 2.29 bits per heavy atom. The molecule has 0 aliphatic carbocycles. The van der Waals surface area contributed by atoms with E-state index in [1.54, 1.807) is 0 Å². The van der Waals surface area contributed by atoms with E-state index in [1.165, 1.54) is 24.3 Å². The molecule has 0 saturated heterocycles. The SMILES string of the molecule is CCCNC(=O)c1ccc(Nc2ncc(C(F)(F)F)c(OCCCCC(=O)C(F)(F)F)n2)cc1. The van der Waals surface area contributed by atoms with Crippen molar-refractivity contribution in [3.8, 4) is 5.88 Å². The number of nitrogens with one attached hydrogen (secondary N) is 2. The van der Waals surface area contributed by atoms with E-state index in [2.05, 4.69) is 20.6 Å². The van der Waals surface area contributed by atoms with Gasteiger partial charge in [-0.15, -0.1) is 0 Å². The van der Waals surface area contributed by atoms with Crippen LogP contribution in [0.4, 0.5) is 38.0 Å². The summed E-state index contributed by atoms with van der Waals surface area (Å²) < 4.78 is 81.3. The van der Waals surface area contributed by atoms with Gasteiger partial charge in [-0.3, -0.25) is 9.59 Å². The average Bonchev–Trinajstić information content (AvgIpc) is 2.76. The van der Waals surface area contributed by atoms with Gasteiger partial charge in [0, 0.05) is 30.4 Å². The van der Waals surface area contributed by atoms with Crippen LogP contribution in [-0.4, -0.2) is 41.0 Å². The number of benzene rings is 1. The molecule has 0 aliphatic heterocycles. The third kappa shape index (κ3) is 8.19. The fraction of sp³-hybridized carbons (Fsp3) is 0.429. The first kappa shape index (κ1) is 26.9. The van der Waals surface area contributed by atoms with Gasteiger partial charge in [0.25, 0.3) is 5.91 Å². The van der Waals surface area contributed by atoms with Crippen molar-refractivity contribution in [2.45, 2.75) is 45.0 Å². The van der Waals surface area contributed by atoms with Gasteiger partial charge in [-0.1, -0.05) is 6.92 Å². The molecule has 0 saturated carbocycles. The minimum absolute atomic E-state index is 0.0898. The third-order valence-electron chi connectivity index (χ3n) is 4.35. The lowest BCUT2D eigenvalue weighted by Crippen LogP contribution is -2.23. The molecular formula is C21H22F6N4O3. The lowest BCUT2D eigenvalue weighted by atomic mass is 10.2. The highest BCUT2D eigenvalue weighted by molar-refractivity contribution is 5.94.